The SMILES string of the molecule is CCC1OC(C(C)C)C(C)C1C. The van der Waals surface area contributed by atoms with Crippen molar-refractivity contribution in [3.8, 4) is 0 Å². The Morgan fingerprint density at radius 1 is 1.17 bits per heavy atom. The zero-order valence-corrected chi connectivity index (χ0v) is 9.00. The Morgan fingerprint density at radius 3 is 2.00 bits per heavy atom. The average Bonchev–Trinajstić information content (AvgIpc) is 2.30. The molecule has 1 heteroatoms. The van der Waals surface area contributed by atoms with Gasteiger partial charge in [-0.05, 0) is 24.2 Å². The summed E-state index contributed by atoms with van der Waals surface area (Å²) in [6, 6.07) is 0. The minimum absolute atomic E-state index is 0.491. The van der Waals surface area contributed by atoms with Gasteiger partial charge < -0.3 is 4.74 Å². The van der Waals surface area contributed by atoms with E-state index in [0.717, 1.165) is 18.3 Å². The summed E-state index contributed by atoms with van der Waals surface area (Å²) in [7, 11) is 0. The molecule has 0 radical (unpaired) electrons. The van der Waals surface area contributed by atoms with Crippen molar-refractivity contribution < 1.29 is 4.74 Å². The largest absolute Gasteiger partial charge is 0.374 e. The van der Waals surface area contributed by atoms with Crippen molar-refractivity contribution in [1.82, 2.24) is 0 Å². The Morgan fingerprint density at radius 2 is 1.75 bits per heavy atom. The minimum atomic E-state index is 0.491. The van der Waals surface area contributed by atoms with E-state index < -0.39 is 0 Å². The summed E-state index contributed by atoms with van der Waals surface area (Å²) in [5.41, 5.74) is 0. The first-order valence-electron chi connectivity index (χ1n) is 5.23. The summed E-state index contributed by atoms with van der Waals surface area (Å²) in [6.45, 7) is 11.4. The van der Waals surface area contributed by atoms with E-state index in [1.54, 1.807) is 0 Å². The van der Waals surface area contributed by atoms with Crippen LogP contribution in [0.4, 0.5) is 0 Å². The van der Waals surface area contributed by atoms with E-state index in [1.807, 2.05) is 0 Å². The molecule has 0 spiro atoms. The monoisotopic (exact) mass is 170 g/mol. The summed E-state index contributed by atoms with van der Waals surface area (Å²) in [5, 5.41) is 0. The number of hydrogen-bond acceptors (Lipinski definition) is 1. The van der Waals surface area contributed by atoms with Crippen molar-refractivity contribution in [2.24, 2.45) is 17.8 Å². The van der Waals surface area contributed by atoms with Crippen LogP contribution in [0, 0.1) is 17.8 Å². The van der Waals surface area contributed by atoms with Gasteiger partial charge in [0.25, 0.3) is 0 Å². The molecule has 0 amide bonds. The molecule has 1 aliphatic rings. The smallest absolute Gasteiger partial charge is 0.0630 e. The quantitative estimate of drug-likeness (QED) is 0.619. The van der Waals surface area contributed by atoms with Crippen molar-refractivity contribution in [3.05, 3.63) is 0 Å². The highest BCUT2D eigenvalue weighted by Crippen LogP contribution is 2.36. The molecule has 1 rings (SSSR count). The van der Waals surface area contributed by atoms with Crippen LogP contribution in [0.1, 0.15) is 41.0 Å². The zero-order chi connectivity index (χ0) is 9.30. The van der Waals surface area contributed by atoms with Crippen molar-refractivity contribution in [1.29, 1.82) is 0 Å². The maximum atomic E-state index is 6.00. The van der Waals surface area contributed by atoms with Crippen molar-refractivity contribution in [3.63, 3.8) is 0 Å². The number of rotatable bonds is 2. The molecule has 0 bridgehead atoms. The Hall–Kier alpha value is -0.0400. The molecule has 12 heavy (non-hydrogen) atoms. The maximum absolute atomic E-state index is 6.00. The van der Waals surface area contributed by atoms with Crippen LogP contribution in [0.3, 0.4) is 0 Å². The molecule has 1 fully saturated rings. The Balaban J connectivity index is 2.60. The highest BCUT2D eigenvalue weighted by molar-refractivity contribution is 4.86. The van der Waals surface area contributed by atoms with Gasteiger partial charge >= 0.3 is 0 Å². The minimum Gasteiger partial charge on any atom is -0.374 e. The first-order chi connectivity index (χ1) is 5.57. The molecular weight excluding hydrogens is 148 g/mol. The van der Waals surface area contributed by atoms with Gasteiger partial charge in [0.2, 0.25) is 0 Å². The fraction of sp³-hybridized carbons (Fsp3) is 1.00. The molecule has 0 N–H and O–H groups in total. The lowest BCUT2D eigenvalue weighted by Gasteiger charge is -2.19. The third-order valence-electron chi connectivity index (χ3n) is 3.33. The summed E-state index contributed by atoms with van der Waals surface area (Å²) < 4.78 is 6.00. The molecule has 0 aromatic rings. The molecule has 0 aromatic carbocycles. The second-order valence-corrected chi connectivity index (χ2v) is 4.51. The van der Waals surface area contributed by atoms with Gasteiger partial charge in [-0.3, -0.25) is 0 Å². The third kappa shape index (κ3) is 1.66. The Kier molecular flexibility index (Phi) is 3.16. The van der Waals surface area contributed by atoms with Crippen LogP contribution in [0.15, 0.2) is 0 Å². The van der Waals surface area contributed by atoms with E-state index in [9.17, 15) is 0 Å². The lowest BCUT2D eigenvalue weighted by molar-refractivity contribution is 0.00413. The second-order valence-electron chi connectivity index (χ2n) is 4.51. The summed E-state index contributed by atoms with van der Waals surface area (Å²) in [5.74, 6) is 2.14. The van der Waals surface area contributed by atoms with Gasteiger partial charge in [-0.15, -0.1) is 0 Å². The van der Waals surface area contributed by atoms with Gasteiger partial charge in [-0.1, -0.05) is 34.6 Å². The molecule has 4 atom stereocenters. The molecule has 1 aliphatic heterocycles. The van der Waals surface area contributed by atoms with E-state index in [1.165, 1.54) is 0 Å². The lowest BCUT2D eigenvalue weighted by atomic mass is 9.85. The fourth-order valence-corrected chi connectivity index (χ4v) is 2.32. The van der Waals surface area contributed by atoms with Crippen LogP contribution >= 0.6 is 0 Å². The van der Waals surface area contributed by atoms with E-state index >= 15 is 0 Å². The third-order valence-corrected chi connectivity index (χ3v) is 3.33. The van der Waals surface area contributed by atoms with E-state index in [4.69, 9.17) is 4.74 Å². The van der Waals surface area contributed by atoms with Crippen molar-refractivity contribution >= 4 is 0 Å². The zero-order valence-electron chi connectivity index (χ0n) is 9.00. The average molecular weight is 170 g/mol. The van der Waals surface area contributed by atoms with Crippen LogP contribution in [0.25, 0.3) is 0 Å². The van der Waals surface area contributed by atoms with Crippen LogP contribution in [-0.4, -0.2) is 12.2 Å². The number of hydrogen-bond donors (Lipinski definition) is 0. The van der Waals surface area contributed by atoms with Crippen LogP contribution in [0.5, 0.6) is 0 Å². The first kappa shape index (κ1) is 10.0. The maximum Gasteiger partial charge on any atom is 0.0630 e. The highest BCUT2D eigenvalue weighted by atomic mass is 16.5. The summed E-state index contributed by atoms with van der Waals surface area (Å²) in [6.07, 6.45) is 2.16. The van der Waals surface area contributed by atoms with Gasteiger partial charge in [-0.2, -0.15) is 0 Å². The van der Waals surface area contributed by atoms with Crippen LogP contribution < -0.4 is 0 Å². The highest BCUT2D eigenvalue weighted by Gasteiger charge is 2.38. The topological polar surface area (TPSA) is 9.23 Å². The van der Waals surface area contributed by atoms with Crippen LogP contribution in [0.2, 0.25) is 0 Å². The summed E-state index contributed by atoms with van der Waals surface area (Å²) >= 11 is 0. The predicted octanol–water partition coefficient (Wildman–Crippen LogP) is 3.09. The molecule has 1 saturated heterocycles. The van der Waals surface area contributed by atoms with Gasteiger partial charge in [0.05, 0.1) is 12.2 Å². The Bertz CT molecular complexity index is 142. The normalized spacial score (nSPS) is 42.5. The van der Waals surface area contributed by atoms with E-state index in [2.05, 4.69) is 34.6 Å². The molecule has 4 unspecified atom stereocenters. The first-order valence-corrected chi connectivity index (χ1v) is 5.23. The standard InChI is InChI=1S/C11H22O/c1-6-10-8(4)9(5)11(12-10)7(2)3/h7-11H,6H2,1-5H3. The van der Waals surface area contributed by atoms with Gasteiger partial charge in [0.15, 0.2) is 0 Å². The van der Waals surface area contributed by atoms with E-state index in [-0.39, 0.29) is 0 Å². The number of ether oxygens (including phenoxy) is 1. The van der Waals surface area contributed by atoms with Crippen molar-refractivity contribution in [2.45, 2.75) is 53.2 Å². The van der Waals surface area contributed by atoms with Gasteiger partial charge in [0, 0.05) is 0 Å². The van der Waals surface area contributed by atoms with Gasteiger partial charge in [0.1, 0.15) is 0 Å². The fourth-order valence-electron chi connectivity index (χ4n) is 2.32. The van der Waals surface area contributed by atoms with Gasteiger partial charge in [-0.25, -0.2) is 0 Å². The molecule has 0 aromatic heterocycles. The Labute approximate surface area is 76.5 Å². The summed E-state index contributed by atoms with van der Waals surface area (Å²) in [4.78, 5) is 0. The van der Waals surface area contributed by atoms with E-state index in [0.29, 0.717) is 18.1 Å². The molecule has 0 aliphatic carbocycles. The molecule has 1 heterocycles. The predicted molar refractivity (Wildman–Crippen MR) is 52.1 cm³/mol. The molecule has 72 valence electrons. The molecule has 1 nitrogen and oxygen atoms in total. The van der Waals surface area contributed by atoms with Crippen LogP contribution in [-0.2, 0) is 4.74 Å². The second kappa shape index (κ2) is 3.78. The molecule has 0 saturated carbocycles. The lowest BCUT2D eigenvalue weighted by Crippen LogP contribution is -2.21. The van der Waals surface area contributed by atoms with Crippen molar-refractivity contribution in [2.75, 3.05) is 0 Å². The molecular formula is C11H22O.